The van der Waals surface area contributed by atoms with E-state index in [-0.39, 0.29) is 0 Å². The molecule has 0 amide bonds. The normalized spacial score (nSPS) is 14.6. The summed E-state index contributed by atoms with van der Waals surface area (Å²) < 4.78 is 0. The molecule has 0 heterocycles. The van der Waals surface area contributed by atoms with Crippen LogP contribution < -0.4 is 5.32 Å². The molecule has 2 unspecified atom stereocenters. The Bertz CT molecular complexity index is 358. The zero-order valence-corrected chi connectivity index (χ0v) is 12.9. The van der Waals surface area contributed by atoms with E-state index in [2.05, 4.69) is 59.0 Å². The van der Waals surface area contributed by atoms with E-state index < -0.39 is 0 Å². The van der Waals surface area contributed by atoms with Crippen LogP contribution in [0.1, 0.15) is 49.4 Å². The van der Waals surface area contributed by atoms with Gasteiger partial charge in [0.05, 0.1) is 0 Å². The quantitative estimate of drug-likeness (QED) is 0.795. The van der Waals surface area contributed by atoms with Crippen molar-refractivity contribution in [3.05, 3.63) is 34.4 Å². The van der Waals surface area contributed by atoms with E-state index >= 15 is 0 Å². The standard InChI is InChI=1S/C17H29N/c1-7-17(18-8-2)15(6)11-16-13(4)9-12(3)10-14(16)5/h9-10,15,17-18H,7-8,11H2,1-6H3. The van der Waals surface area contributed by atoms with Crippen LogP contribution in [0.2, 0.25) is 0 Å². The van der Waals surface area contributed by atoms with Crippen LogP contribution in [0, 0.1) is 26.7 Å². The fraction of sp³-hybridized carbons (Fsp3) is 0.647. The molecule has 1 nitrogen and oxygen atoms in total. The minimum absolute atomic E-state index is 0.634. The van der Waals surface area contributed by atoms with Crippen molar-refractivity contribution < 1.29 is 0 Å². The largest absolute Gasteiger partial charge is 0.314 e. The van der Waals surface area contributed by atoms with Crippen LogP contribution in [-0.2, 0) is 6.42 Å². The van der Waals surface area contributed by atoms with Gasteiger partial charge in [-0.25, -0.2) is 0 Å². The molecule has 0 aliphatic carbocycles. The highest BCUT2D eigenvalue weighted by molar-refractivity contribution is 5.37. The van der Waals surface area contributed by atoms with Crippen molar-refractivity contribution >= 4 is 0 Å². The summed E-state index contributed by atoms with van der Waals surface area (Å²) in [7, 11) is 0. The third-order valence-corrected chi connectivity index (χ3v) is 3.96. The van der Waals surface area contributed by atoms with Gasteiger partial charge in [-0.3, -0.25) is 0 Å². The molecule has 0 bridgehead atoms. The van der Waals surface area contributed by atoms with Gasteiger partial charge in [0.15, 0.2) is 0 Å². The van der Waals surface area contributed by atoms with Gasteiger partial charge in [-0.2, -0.15) is 0 Å². The van der Waals surface area contributed by atoms with E-state index in [4.69, 9.17) is 0 Å². The Labute approximate surface area is 113 Å². The van der Waals surface area contributed by atoms with Crippen LogP contribution in [0.25, 0.3) is 0 Å². The minimum Gasteiger partial charge on any atom is -0.314 e. The van der Waals surface area contributed by atoms with E-state index in [0.29, 0.717) is 12.0 Å². The Morgan fingerprint density at radius 2 is 1.61 bits per heavy atom. The van der Waals surface area contributed by atoms with Gasteiger partial charge in [-0.1, -0.05) is 38.5 Å². The molecule has 0 aromatic heterocycles. The Kier molecular flexibility index (Phi) is 5.87. The predicted molar refractivity (Wildman–Crippen MR) is 81.3 cm³/mol. The highest BCUT2D eigenvalue weighted by Gasteiger charge is 2.16. The third kappa shape index (κ3) is 3.84. The van der Waals surface area contributed by atoms with Crippen LogP contribution in [0.5, 0.6) is 0 Å². The minimum atomic E-state index is 0.634. The maximum atomic E-state index is 3.60. The molecule has 0 radical (unpaired) electrons. The summed E-state index contributed by atoms with van der Waals surface area (Å²) in [4.78, 5) is 0. The zero-order chi connectivity index (χ0) is 13.7. The Balaban J connectivity index is 2.84. The first-order chi connectivity index (χ1) is 8.49. The van der Waals surface area contributed by atoms with Gasteiger partial charge in [0.1, 0.15) is 0 Å². The van der Waals surface area contributed by atoms with Crippen molar-refractivity contribution in [2.45, 2.75) is 60.4 Å². The maximum Gasteiger partial charge on any atom is 0.00931 e. The number of hydrogen-bond acceptors (Lipinski definition) is 1. The molecule has 0 saturated carbocycles. The number of hydrogen-bond donors (Lipinski definition) is 1. The third-order valence-electron chi connectivity index (χ3n) is 3.96. The molecule has 18 heavy (non-hydrogen) atoms. The summed E-state index contributed by atoms with van der Waals surface area (Å²) in [6.45, 7) is 14.6. The van der Waals surface area contributed by atoms with Crippen LogP contribution in [0.4, 0.5) is 0 Å². The molecular formula is C17H29N. The summed E-state index contributed by atoms with van der Waals surface area (Å²) in [5.74, 6) is 0.690. The van der Waals surface area contributed by atoms with Gasteiger partial charge in [0, 0.05) is 6.04 Å². The summed E-state index contributed by atoms with van der Waals surface area (Å²) in [5, 5.41) is 3.60. The molecule has 1 heteroatoms. The molecule has 0 aliphatic rings. The zero-order valence-electron chi connectivity index (χ0n) is 12.9. The van der Waals surface area contributed by atoms with Gasteiger partial charge in [-0.05, 0) is 62.8 Å². The summed E-state index contributed by atoms with van der Waals surface area (Å²) in [6, 6.07) is 5.25. The monoisotopic (exact) mass is 247 g/mol. The molecule has 2 atom stereocenters. The smallest absolute Gasteiger partial charge is 0.00931 e. The number of rotatable bonds is 6. The lowest BCUT2D eigenvalue weighted by atomic mass is 9.87. The van der Waals surface area contributed by atoms with Gasteiger partial charge in [0.2, 0.25) is 0 Å². The Hall–Kier alpha value is -0.820. The lowest BCUT2D eigenvalue weighted by Crippen LogP contribution is -2.35. The highest BCUT2D eigenvalue weighted by atomic mass is 14.9. The SMILES string of the molecule is CCNC(CC)C(C)Cc1c(C)cc(C)cc1C. The van der Waals surface area contributed by atoms with Crippen molar-refractivity contribution in [1.82, 2.24) is 5.32 Å². The first-order valence-electron chi connectivity index (χ1n) is 7.29. The molecule has 0 spiro atoms. The van der Waals surface area contributed by atoms with E-state index in [1.165, 1.54) is 29.5 Å². The van der Waals surface area contributed by atoms with E-state index in [9.17, 15) is 0 Å². The first kappa shape index (κ1) is 15.2. The molecule has 0 aliphatic heterocycles. The molecule has 102 valence electrons. The summed E-state index contributed by atoms with van der Waals surface area (Å²) >= 11 is 0. The average Bonchev–Trinajstić information content (AvgIpc) is 2.30. The second-order valence-electron chi connectivity index (χ2n) is 5.63. The van der Waals surface area contributed by atoms with Crippen LogP contribution in [-0.4, -0.2) is 12.6 Å². The Morgan fingerprint density at radius 3 is 2.06 bits per heavy atom. The van der Waals surface area contributed by atoms with Crippen molar-refractivity contribution in [1.29, 1.82) is 0 Å². The van der Waals surface area contributed by atoms with Gasteiger partial charge < -0.3 is 5.32 Å². The van der Waals surface area contributed by atoms with E-state index in [1.54, 1.807) is 5.56 Å². The second-order valence-corrected chi connectivity index (χ2v) is 5.63. The van der Waals surface area contributed by atoms with Crippen LogP contribution in [0.15, 0.2) is 12.1 Å². The first-order valence-corrected chi connectivity index (χ1v) is 7.29. The summed E-state index contributed by atoms with van der Waals surface area (Å²) in [5.41, 5.74) is 5.82. The molecule has 1 N–H and O–H groups in total. The molecule has 1 rings (SSSR count). The lowest BCUT2D eigenvalue weighted by Gasteiger charge is -2.25. The Morgan fingerprint density at radius 1 is 1.06 bits per heavy atom. The van der Waals surface area contributed by atoms with Crippen LogP contribution >= 0.6 is 0 Å². The van der Waals surface area contributed by atoms with Gasteiger partial charge >= 0.3 is 0 Å². The number of aryl methyl sites for hydroxylation is 3. The average molecular weight is 247 g/mol. The van der Waals surface area contributed by atoms with Crippen molar-refractivity contribution in [2.24, 2.45) is 5.92 Å². The second kappa shape index (κ2) is 6.94. The van der Waals surface area contributed by atoms with E-state index in [0.717, 1.165) is 6.54 Å². The molecule has 1 aromatic carbocycles. The molecule has 1 aromatic rings. The molecule has 0 saturated heterocycles. The lowest BCUT2D eigenvalue weighted by molar-refractivity contribution is 0.370. The van der Waals surface area contributed by atoms with Crippen molar-refractivity contribution in [3.8, 4) is 0 Å². The van der Waals surface area contributed by atoms with Crippen LogP contribution in [0.3, 0.4) is 0 Å². The summed E-state index contributed by atoms with van der Waals surface area (Å²) in [6.07, 6.45) is 2.39. The van der Waals surface area contributed by atoms with E-state index in [1.807, 2.05) is 0 Å². The fourth-order valence-corrected chi connectivity index (χ4v) is 3.01. The van der Waals surface area contributed by atoms with Gasteiger partial charge in [-0.15, -0.1) is 0 Å². The van der Waals surface area contributed by atoms with Crippen molar-refractivity contribution in [2.75, 3.05) is 6.54 Å². The maximum absolute atomic E-state index is 3.60. The topological polar surface area (TPSA) is 12.0 Å². The predicted octanol–water partition coefficient (Wildman–Crippen LogP) is 4.18. The fourth-order valence-electron chi connectivity index (χ4n) is 3.01. The van der Waals surface area contributed by atoms with Gasteiger partial charge in [0.25, 0.3) is 0 Å². The molecule has 0 fully saturated rings. The van der Waals surface area contributed by atoms with Crippen molar-refractivity contribution in [3.63, 3.8) is 0 Å². The highest BCUT2D eigenvalue weighted by Crippen LogP contribution is 2.22. The number of nitrogens with one attached hydrogen (secondary N) is 1. The number of benzene rings is 1. The molecular weight excluding hydrogens is 218 g/mol.